The second-order valence-corrected chi connectivity index (χ2v) is 7.78. The van der Waals surface area contributed by atoms with Crippen LogP contribution in [-0.2, 0) is 4.74 Å². The molecule has 6 nitrogen and oxygen atoms in total. The van der Waals surface area contributed by atoms with Gasteiger partial charge < -0.3 is 20.3 Å². The lowest BCUT2D eigenvalue weighted by atomic mass is 10.1. The number of carbonyl (C=O) groups is 2. The van der Waals surface area contributed by atoms with E-state index >= 15 is 0 Å². The maximum absolute atomic E-state index is 12.4. The largest absolute Gasteiger partial charge is 0.465 e. The van der Waals surface area contributed by atoms with Gasteiger partial charge in [-0.25, -0.2) is 4.79 Å². The zero-order chi connectivity index (χ0) is 20.3. The molecule has 144 valence electrons. The second-order valence-electron chi connectivity index (χ2n) is 5.94. The molecule has 0 bridgehead atoms. The highest BCUT2D eigenvalue weighted by Crippen LogP contribution is 2.34. The number of nitrogens with one attached hydrogen (secondary N) is 2. The van der Waals surface area contributed by atoms with Crippen molar-refractivity contribution in [2.45, 2.75) is 13.8 Å². The van der Waals surface area contributed by atoms with Gasteiger partial charge in [-0.1, -0.05) is 17.7 Å². The molecule has 0 saturated carbocycles. The summed E-state index contributed by atoms with van der Waals surface area (Å²) in [6, 6.07) is 5.44. The van der Waals surface area contributed by atoms with Gasteiger partial charge in [0.05, 0.1) is 17.6 Å². The number of halogens is 1. The lowest BCUT2D eigenvalue weighted by Gasteiger charge is -2.13. The number of carbonyl (C=O) groups excluding carboxylic acids is 2. The van der Waals surface area contributed by atoms with Crippen LogP contribution in [0, 0.1) is 13.8 Å². The van der Waals surface area contributed by atoms with Crippen molar-refractivity contribution in [3.8, 4) is 0 Å². The number of esters is 1. The van der Waals surface area contributed by atoms with Gasteiger partial charge in [-0.05, 0) is 49.3 Å². The van der Waals surface area contributed by atoms with Crippen molar-refractivity contribution in [1.29, 1.82) is 0 Å². The van der Waals surface area contributed by atoms with Gasteiger partial charge in [0.1, 0.15) is 5.00 Å². The molecule has 1 aromatic heterocycles. The summed E-state index contributed by atoms with van der Waals surface area (Å²) >= 11 is 12.6. The van der Waals surface area contributed by atoms with Crippen LogP contribution in [-0.4, -0.2) is 43.1 Å². The number of hydrogen-bond acceptors (Lipinski definition) is 5. The molecule has 0 aliphatic heterocycles. The van der Waals surface area contributed by atoms with E-state index in [1.165, 1.54) is 12.0 Å². The fourth-order valence-electron chi connectivity index (χ4n) is 2.36. The lowest BCUT2D eigenvalue weighted by Crippen LogP contribution is -2.21. The predicted octanol–water partition coefficient (Wildman–Crippen LogP) is 4.32. The zero-order valence-electron chi connectivity index (χ0n) is 15.6. The number of nitrogens with zero attached hydrogens (tertiary/aromatic N) is 1. The quantitative estimate of drug-likeness (QED) is 0.561. The summed E-state index contributed by atoms with van der Waals surface area (Å²) in [6.07, 6.45) is 0. The molecule has 0 fully saturated rings. The Morgan fingerprint density at radius 1 is 1.19 bits per heavy atom. The van der Waals surface area contributed by atoms with Gasteiger partial charge in [0.25, 0.3) is 5.91 Å². The van der Waals surface area contributed by atoms with Crippen molar-refractivity contribution in [3.63, 3.8) is 0 Å². The van der Waals surface area contributed by atoms with Gasteiger partial charge in [0.2, 0.25) is 0 Å². The van der Waals surface area contributed by atoms with Crippen LogP contribution in [0.1, 0.15) is 31.2 Å². The van der Waals surface area contributed by atoms with Crippen LogP contribution in [0.3, 0.4) is 0 Å². The van der Waals surface area contributed by atoms with E-state index in [0.29, 0.717) is 26.0 Å². The van der Waals surface area contributed by atoms with Crippen LogP contribution < -0.4 is 10.6 Å². The highest BCUT2D eigenvalue weighted by atomic mass is 35.5. The van der Waals surface area contributed by atoms with Gasteiger partial charge in [-0.15, -0.1) is 11.3 Å². The third-order valence-electron chi connectivity index (χ3n) is 3.88. The van der Waals surface area contributed by atoms with E-state index in [-0.39, 0.29) is 11.0 Å². The minimum absolute atomic E-state index is 0.194. The number of hydrogen-bond donors (Lipinski definition) is 2. The van der Waals surface area contributed by atoms with Gasteiger partial charge in [0, 0.05) is 24.8 Å². The average molecular weight is 426 g/mol. The Morgan fingerprint density at radius 2 is 1.85 bits per heavy atom. The summed E-state index contributed by atoms with van der Waals surface area (Å²) < 4.78 is 4.87. The standard InChI is InChI=1S/C18H20ClN3O3S2/c1-9-11(19)7-6-8-12(9)20-18(26)21-15-13(17(24)25-5)10(2)14(27-15)16(23)22(3)4/h6-8H,1-5H3,(H2,20,21,26). The van der Waals surface area contributed by atoms with E-state index in [1.807, 2.05) is 19.1 Å². The average Bonchev–Trinajstić information content (AvgIpc) is 2.93. The molecule has 1 amide bonds. The number of thiocarbonyl (C=S) groups is 1. The molecule has 0 aliphatic carbocycles. The first-order valence-electron chi connectivity index (χ1n) is 7.93. The molecule has 0 unspecified atom stereocenters. The third-order valence-corrected chi connectivity index (χ3v) is 5.69. The smallest absolute Gasteiger partial charge is 0.341 e. The van der Waals surface area contributed by atoms with Gasteiger partial charge in [0.15, 0.2) is 5.11 Å². The van der Waals surface area contributed by atoms with Crippen LogP contribution in [0.25, 0.3) is 0 Å². The fraction of sp³-hybridized carbons (Fsp3) is 0.278. The van der Waals surface area contributed by atoms with E-state index in [2.05, 4.69) is 10.6 Å². The number of ether oxygens (including phenoxy) is 1. The number of anilines is 2. The fourth-order valence-corrected chi connectivity index (χ4v) is 4.03. The second kappa shape index (κ2) is 8.69. The summed E-state index contributed by atoms with van der Waals surface area (Å²) in [6.45, 7) is 3.58. The van der Waals surface area contributed by atoms with Crippen molar-refractivity contribution in [2.24, 2.45) is 0 Å². The number of benzene rings is 1. The molecule has 9 heteroatoms. The first-order chi connectivity index (χ1) is 12.7. The molecule has 1 heterocycles. The summed E-state index contributed by atoms with van der Waals surface area (Å²) in [5, 5.41) is 7.39. The molecule has 27 heavy (non-hydrogen) atoms. The SMILES string of the molecule is COC(=O)c1c(NC(=S)Nc2cccc(Cl)c2C)sc(C(=O)N(C)C)c1C. The van der Waals surface area contributed by atoms with Crippen LogP contribution >= 0.6 is 35.2 Å². The summed E-state index contributed by atoms with van der Waals surface area (Å²) in [5.74, 6) is -0.731. The minimum Gasteiger partial charge on any atom is -0.465 e. The Hall–Kier alpha value is -2.16. The zero-order valence-corrected chi connectivity index (χ0v) is 18.0. The number of amides is 1. The molecular weight excluding hydrogens is 406 g/mol. The number of rotatable bonds is 4. The predicted molar refractivity (Wildman–Crippen MR) is 114 cm³/mol. The van der Waals surface area contributed by atoms with Crippen molar-refractivity contribution in [1.82, 2.24) is 4.90 Å². The van der Waals surface area contributed by atoms with E-state index in [4.69, 9.17) is 28.6 Å². The number of methoxy groups -OCH3 is 1. The summed E-state index contributed by atoms with van der Waals surface area (Å²) in [5.41, 5.74) is 2.44. The Labute approximate surface area is 172 Å². The minimum atomic E-state index is -0.536. The Morgan fingerprint density at radius 3 is 2.44 bits per heavy atom. The topological polar surface area (TPSA) is 70.7 Å². The molecule has 1 aromatic carbocycles. The molecule has 0 saturated heterocycles. The highest BCUT2D eigenvalue weighted by molar-refractivity contribution is 7.80. The highest BCUT2D eigenvalue weighted by Gasteiger charge is 2.26. The van der Waals surface area contributed by atoms with Crippen molar-refractivity contribution < 1.29 is 14.3 Å². The van der Waals surface area contributed by atoms with Crippen molar-refractivity contribution >= 4 is 62.8 Å². The van der Waals surface area contributed by atoms with Gasteiger partial charge >= 0.3 is 5.97 Å². The Bertz CT molecular complexity index is 909. The molecule has 2 rings (SSSR count). The Kier molecular flexibility index (Phi) is 6.80. The lowest BCUT2D eigenvalue weighted by molar-refractivity contribution is 0.0601. The molecule has 0 aliphatic rings. The summed E-state index contributed by atoms with van der Waals surface area (Å²) in [7, 11) is 4.60. The van der Waals surface area contributed by atoms with Crippen LogP contribution in [0.15, 0.2) is 18.2 Å². The third kappa shape index (κ3) is 4.58. The molecule has 0 atom stereocenters. The van der Waals surface area contributed by atoms with Crippen molar-refractivity contribution in [3.05, 3.63) is 44.8 Å². The van der Waals surface area contributed by atoms with Crippen LogP contribution in [0.4, 0.5) is 10.7 Å². The molecular formula is C18H20ClN3O3S2. The monoisotopic (exact) mass is 425 g/mol. The summed E-state index contributed by atoms with van der Waals surface area (Å²) in [4.78, 5) is 26.5. The first-order valence-corrected chi connectivity index (χ1v) is 9.54. The van der Waals surface area contributed by atoms with Crippen molar-refractivity contribution in [2.75, 3.05) is 31.8 Å². The normalized spacial score (nSPS) is 10.3. The van der Waals surface area contributed by atoms with E-state index in [0.717, 1.165) is 22.6 Å². The van der Waals surface area contributed by atoms with E-state index < -0.39 is 5.97 Å². The molecule has 2 N–H and O–H groups in total. The molecule has 2 aromatic rings. The first kappa shape index (κ1) is 21.1. The maximum Gasteiger partial charge on any atom is 0.341 e. The van der Waals surface area contributed by atoms with Crippen LogP contribution in [0.2, 0.25) is 5.02 Å². The van der Waals surface area contributed by atoms with Gasteiger partial charge in [-0.3, -0.25) is 4.79 Å². The number of thiophene rings is 1. The van der Waals surface area contributed by atoms with E-state index in [9.17, 15) is 9.59 Å². The van der Waals surface area contributed by atoms with Crippen LogP contribution in [0.5, 0.6) is 0 Å². The van der Waals surface area contributed by atoms with Gasteiger partial charge in [-0.2, -0.15) is 0 Å². The van der Waals surface area contributed by atoms with E-state index in [1.54, 1.807) is 27.1 Å². The molecule has 0 radical (unpaired) electrons. The maximum atomic E-state index is 12.4. The molecule has 0 spiro atoms. The Balaban J connectivity index is 2.35.